The molecule has 1 saturated heterocycles. The maximum atomic E-state index is 12.1. The molecule has 9 heteroatoms. The molecule has 0 spiro atoms. The van der Waals surface area contributed by atoms with E-state index in [9.17, 15) is 9.59 Å². The van der Waals surface area contributed by atoms with Gasteiger partial charge in [0.2, 0.25) is 6.41 Å². The molecule has 1 fully saturated rings. The summed E-state index contributed by atoms with van der Waals surface area (Å²) >= 11 is 0. The van der Waals surface area contributed by atoms with Gasteiger partial charge in [-0.25, -0.2) is 10.4 Å². The van der Waals surface area contributed by atoms with Crippen LogP contribution in [-0.4, -0.2) is 55.1 Å². The Morgan fingerprint density at radius 1 is 1.11 bits per heavy atom. The summed E-state index contributed by atoms with van der Waals surface area (Å²) in [7, 11) is 0. The van der Waals surface area contributed by atoms with Gasteiger partial charge >= 0.3 is 5.97 Å². The fraction of sp³-hybridized carbons (Fsp3) is 0.278. The number of amides is 1. The normalized spacial score (nSPS) is 14.1. The smallest absolute Gasteiger partial charge is 0.326 e. The van der Waals surface area contributed by atoms with E-state index >= 15 is 0 Å². The van der Waals surface area contributed by atoms with Crippen molar-refractivity contribution in [2.24, 2.45) is 0 Å². The molecule has 3 rings (SSSR count). The van der Waals surface area contributed by atoms with Crippen molar-refractivity contribution in [3.63, 3.8) is 0 Å². The second-order valence-corrected chi connectivity index (χ2v) is 5.75. The number of esters is 1. The van der Waals surface area contributed by atoms with Crippen molar-refractivity contribution in [1.29, 1.82) is 0 Å². The highest BCUT2D eigenvalue weighted by molar-refractivity contribution is 5.85. The van der Waals surface area contributed by atoms with E-state index < -0.39 is 5.97 Å². The zero-order chi connectivity index (χ0) is 18.2. The minimum absolute atomic E-state index is 0. The van der Waals surface area contributed by atoms with Gasteiger partial charge in [0.05, 0.1) is 5.69 Å². The lowest BCUT2D eigenvalue weighted by Gasteiger charge is -2.35. The Bertz CT molecular complexity index is 739. The number of carbonyl (C=O) groups is 2. The Labute approximate surface area is 163 Å². The maximum Gasteiger partial charge on any atom is 0.326 e. The number of para-hydroxylation sites is 2. The molecule has 0 saturated carbocycles. The Hall–Kier alpha value is -2.68. The van der Waals surface area contributed by atoms with Gasteiger partial charge in [0.15, 0.2) is 5.75 Å². The minimum Gasteiger partial charge on any atom is -0.423 e. The van der Waals surface area contributed by atoms with Crippen LogP contribution in [-0.2, 0) is 9.59 Å². The van der Waals surface area contributed by atoms with Crippen LogP contribution in [0.1, 0.15) is 0 Å². The molecule has 1 aliphatic heterocycles. The summed E-state index contributed by atoms with van der Waals surface area (Å²) in [4.78, 5) is 29.0. The molecule has 0 atom stereocenters. The number of ether oxygens (including phenoxy) is 1. The van der Waals surface area contributed by atoms with Crippen molar-refractivity contribution in [3.05, 3.63) is 48.8 Å². The zero-order valence-corrected chi connectivity index (χ0v) is 15.5. The lowest BCUT2D eigenvalue weighted by Crippen LogP contribution is -2.53. The average Bonchev–Trinajstić information content (AvgIpc) is 2.69. The molecule has 0 unspecified atom stereocenters. The lowest BCUT2D eigenvalue weighted by atomic mass is 10.3. The lowest BCUT2D eigenvalue weighted by molar-refractivity contribution is -0.134. The molecule has 0 radical (unpaired) electrons. The standard InChI is InChI=1S/C18H21N5O3.ClH/c24-14-20-16-3-1-2-4-17(16)26-18(25)13-21-23-11-9-22(10-12-23)15-5-7-19-8-6-15;/h1-8,14,21H,9-13H2,(H,20,24);1H. The monoisotopic (exact) mass is 391 g/mol. The molecule has 1 aromatic heterocycles. The predicted octanol–water partition coefficient (Wildman–Crippen LogP) is 1.30. The number of piperazine rings is 1. The molecule has 0 bridgehead atoms. The van der Waals surface area contributed by atoms with Crippen LogP contribution in [0.25, 0.3) is 0 Å². The Morgan fingerprint density at radius 2 is 1.81 bits per heavy atom. The largest absolute Gasteiger partial charge is 0.423 e. The SMILES string of the molecule is Cl.O=CNc1ccccc1OC(=O)CNN1CCN(c2ccncc2)CC1. The number of benzene rings is 1. The highest BCUT2D eigenvalue weighted by atomic mass is 35.5. The van der Waals surface area contributed by atoms with E-state index in [0.717, 1.165) is 31.9 Å². The average molecular weight is 392 g/mol. The fourth-order valence-electron chi connectivity index (χ4n) is 2.75. The highest BCUT2D eigenvalue weighted by Crippen LogP contribution is 2.23. The number of hydrogen-bond acceptors (Lipinski definition) is 7. The molecule has 1 aromatic carbocycles. The van der Waals surface area contributed by atoms with Crippen LogP contribution in [0.3, 0.4) is 0 Å². The predicted molar refractivity (Wildman–Crippen MR) is 105 cm³/mol. The van der Waals surface area contributed by atoms with Gasteiger partial charge in [-0.15, -0.1) is 12.4 Å². The third kappa shape index (κ3) is 5.92. The van der Waals surface area contributed by atoms with E-state index in [2.05, 4.69) is 20.6 Å². The first-order valence-electron chi connectivity index (χ1n) is 8.39. The van der Waals surface area contributed by atoms with Crippen molar-refractivity contribution in [1.82, 2.24) is 15.4 Å². The molecule has 2 heterocycles. The van der Waals surface area contributed by atoms with Crippen molar-refractivity contribution in [2.75, 3.05) is 42.9 Å². The Morgan fingerprint density at radius 3 is 2.52 bits per heavy atom. The van der Waals surface area contributed by atoms with Gasteiger partial charge in [0, 0.05) is 44.3 Å². The summed E-state index contributed by atoms with van der Waals surface area (Å²) in [6.07, 6.45) is 4.12. The van der Waals surface area contributed by atoms with E-state index in [1.807, 2.05) is 17.1 Å². The number of anilines is 2. The summed E-state index contributed by atoms with van der Waals surface area (Å²) in [5, 5.41) is 4.52. The van der Waals surface area contributed by atoms with Crippen LogP contribution < -0.4 is 20.4 Å². The van der Waals surface area contributed by atoms with Gasteiger partial charge in [-0.3, -0.25) is 14.6 Å². The quantitative estimate of drug-likeness (QED) is 0.418. The molecule has 2 N–H and O–H groups in total. The van der Waals surface area contributed by atoms with Crippen LogP contribution >= 0.6 is 12.4 Å². The number of aromatic nitrogens is 1. The summed E-state index contributed by atoms with van der Waals surface area (Å²) in [5.74, 6) is -0.0874. The van der Waals surface area contributed by atoms with E-state index in [1.54, 1.807) is 36.7 Å². The first-order chi connectivity index (χ1) is 12.8. The molecule has 8 nitrogen and oxygen atoms in total. The molecular formula is C18H22ClN5O3. The molecule has 0 aliphatic carbocycles. The first-order valence-corrected chi connectivity index (χ1v) is 8.39. The second kappa shape index (κ2) is 10.5. The molecule has 144 valence electrons. The number of carbonyl (C=O) groups excluding carboxylic acids is 2. The second-order valence-electron chi connectivity index (χ2n) is 5.75. The van der Waals surface area contributed by atoms with Crippen LogP contribution in [0, 0.1) is 0 Å². The Balaban J connectivity index is 0.00000261. The third-order valence-corrected chi connectivity index (χ3v) is 4.08. The van der Waals surface area contributed by atoms with Gasteiger partial charge in [0.1, 0.15) is 6.54 Å². The molecule has 2 aromatic rings. The molecular weight excluding hydrogens is 370 g/mol. The van der Waals surface area contributed by atoms with E-state index in [-0.39, 0.29) is 19.0 Å². The number of hydrogen-bond donors (Lipinski definition) is 2. The number of hydrazine groups is 1. The number of halogens is 1. The van der Waals surface area contributed by atoms with Gasteiger partial charge in [-0.05, 0) is 24.3 Å². The highest BCUT2D eigenvalue weighted by Gasteiger charge is 2.18. The number of nitrogens with one attached hydrogen (secondary N) is 2. The topological polar surface area (TPSA) is 86.8 Å². The van der Waals surface area contributed by atoms with Crippen LogP contribution in [0.5, 0.6) is 5.75 Å². The van der Waals surface area contributed by atoms with Crippen LogP contribution in [0.2, 0.25) is 0 Å². The van der Waals surface area contributed by atoms with Gasteiger partial charge in [0.25, 0.3) is 0 Å². The minimum atomic E-state index is -0.415. The molecule has 1 amide bonds. The third-order valence-electron chi connectivity index (χ3n) is 4.08. The van der Waals surface area contributed by atoms with E-state index in [1.165, 1.54) is 0 Å². The van der Waals surface area contributed by atoms with Gasteiger partial charge < -0.3 is 15.0 Å². The number of pyridine rings is 1. The number of nitrogens with zero attached hydrogens (tertiary/aromatic N) is 3. The van der Waals surface area contributed by atoms with Crippen LogP contribution in [0.4, 0.5) is 11.4 Å². The van der Waals surface area contributed by atoms with E-state index in [0.29, 0.717) is 17.8 Å². The summed E-state index contributed by atoms with van der Waals surface area (Å²) in [6.45, 7) is 3.36. The fourth-order valence-corrected chi connectivity index (χ4v) is 2.75. The van der Waals surface area contributed by atoms with Crippen molar-refractivity contribution >= 4 is 36.2 Å². The Kier molecular flexibility index (Phi) is 8.00. The van der Waals surface area contributed by atoms with Crippen molar-refractivity contribution in [3.8, 4) is 5.75 Å². The van der Waals surface area contributed by atoms with Gasteiger partial charge in [-0.2, -0.15) is 0 Å². The molecule has 27 heavy (non-hydrogen) atoms. The van der Waals surface area contributed by atoms with Crippen molar-refractivity contribution in [2.45, 2.75) is 0 Å². The molecule has 1 aliphatic rings. The number of rotatable bonds is 7. The van der Waals surface area contributed by atoms with Crippen molar-refractivity contribution < 1.29 is 14.3 Å². The summed E-state index contributed by atoms with van der Waals surface area (Å²) < 4.78 is 5.31. The first kappa shape index (κ1) is 20.6. The maximum absolute atomic E-state index is 12.1. The summed E-state index contributed by atoms with van der Waals surface area (Å²) in [5.41, 5.74) is 4.71. The summed E-state index contributed by atoms with van der Waals surface area (Å²) in [6, 6.07) is 10.8. The zero-order valence-electron chi connectivity index (χ0n) is 14.7. The van der Waals surface area contributed by atoms with Gasteiger partial charge in [-0.1, -0.05) is 12.1 Å². The van der Waals surface area contributed by atoms with E-state index in [4.69, 9.17) is 4.74 Å². The van der Waals surface area contributed by atoms with Crippen LogP contribution in [0.15, 0.2) is 48.8 Å².